The average molecular weight is 406 g/mol. The minimum atomic E-state index is -0.167. The van der Waals surface area contributed by atoms with Crippen LogP contribution in [0.5, 0.6) is 11.5 Å². The number of aromatic amines is 1. The van der Waals surface area contributed by atoms with Crippen LogP contribution in [0.4, 0.5) is 0 Å². The highest BCUT2D eigenvalue weighted by molar-refractivity contribution is 5.48. The Labute approximate surface area is 175 Å². The molecule has 3 aromatic rings. The van der Waals surface area contributed by atoms with E-state index in [1.165, 1.54) is 0 Å². The van der Waals surface area contributed by atoms with E-state index in [4.69, 9.17) is 9.72 Å². The molecule has 0 amide bonds. The fourth-order valence-electron chi connectivity index (χ4n) is 3.96. The van der Waals surface area contributed by atoms with E-state index in [9.17, 15) is 9.90 Å². The number of ether oxygens (including phenoxy) is 1. The van der Waals surface area contributed by atoms with Gasteiger partial charge in [0.05, 0.1) is 12.3 Å². The third kappa shape index (κ3) is 4.52. The topological polar surface area (TPSA) is 91.3 Å². The minimum Gasteiger partial charge on any atom is -0.504 e. The average Bonchev–Trinajstić information content (AvgIpc) is 2.77. The molecule has 2 N–H and O–H groups in total. The third-order valence-corrected chi connectivity index (χ3v) is 5.37. The number of para-hydroxylation sites is 1. The summed E-state index contributed by atoms with van der Waals surface area (Å²) in [7, 11) is 0. The summed E-state index contributed by atoms with van der Waals surface area (Å²) in [6.07, 6.45) is 3.66. The highest BCUT2D eigenvalue weighted by atomic mass is 16.5. The Kier molecular flexibility index (Phi) is 6.09. The van der Waals surface area contributed by atoms with Crippen molar-refractivity contribution < 1.29 is 9.84 Å². The third-order valence-electron chi connectivity index (χ3n) is 5.37. The molecule has 7 nitrogen and oxygen atoms in total. The van der Waals surface area contributed by atoms with Crippen molar-refractivity contribution >= 4 is 0 Å². The first kappa shape index (κ1) is 20.1. The van der Waals surface area contributed by atoms with Crippen molar-refractivity contribution in [1.29, 1.82) is 0 Å². The molecule has 3 heterocycles. The molecule has 7 heteroatoms. The Hall–Kier alpha value is -3.19. The summed E-state index contributed by atoms with van der Waals surface area (Å²) < 4.78 is 5.50. The van der Waals surface area contributed by atoms with Crippen molar-refractivity contribution in [2.24, 2.45) is 0 Å². The number of nitrogens with zero attached hydrogens (tertiary/aromatic N) is 3. The number of H-pyrrole nitrogens is 1. The second-order valence-electron chi connectivity index (χ2n) is 7.51. The van der Waals surface area contributed by atoms with Gasteiger partial charge in [-0.25, -0.2) is 4.98 Å². The SMILES string of the molecule is CCOc1cccc(CN2CCCC(c3cc(=O)[nH]c(-c4ccccn4)n3)C2)c1O. The fraction of sp³-hybridized carbons (Fsp3) is 0.348. The van der Waals surface area contributed by atoms with Crippen LogP contribution in [0.2, 0.25) is 0 Å². The summed E-state index contributed by atoms with van der Waals surface area (Å²) >= 11 is 0. The molecular formula is C23H26N4O3. The van der Waals surface area contributed by atoms with Gasteiger partial charge in [0.25, 0.3) is 5.56 Å². The molecule has 1 unspecified atom stereocenters. The predicted molar refractivity (Wildman–Crippen MR) is 115 cm³/mol. The molecule has 1 aliphatic heterocycles. The number of hydrogen-bond donors (Lipinski definition) is 2. The maximum absolute atomic E-state index is 12.3. The van der Waals surface area contributed by atoms with Crippen LogP contribution in [0.1, 0.15) is 36.9 Å². The van der Waals surface area contributed by atoms with Crippen molar-refractivity contribution in [3.05, 3.63) is 70.3 Å². The van der Waals surface area contributed by atoms with Crippen LogP contribution in [0.25, 0.3) is 11.5 Å². The van der Waals surface area contributed by atoms with E-state index in [0.717, 1.165) is 37.2 Å². The van der Waals surface area contributed by atoms with Gasteiger partial charge in [0.2, 0.25) is 0 Å². The molecule has 0 radical (unpaired) electrons. The van der Waals surface area contributed by atoms with Crippen molar-refractivity contribution in [3.63, 3.8) is 0 Å². The Morgan fingerprint density at radius 2 is 2.17 bits per heavy atom. The summed E-state index contributed by atoms with van der Waals surface area (Å²) in [5.74, 6) is 1.37. The number of nitrogens with one attached hydrogen (secondary N) is 1. The van der Waals surface area contributed by atoms with Crippen LogP contribution in [0, 0.1) is 0 Å². The number of phenolic OH excluding ortho intramolecular Hbond substituents is 1. The van der Waals surface area contributed by atoms with E-state index >= 15 is 0 Å². The van der Waals surface area contributed by atoms with Crippen molar-refractivity contribution in [2.45, 2.75) is 32.2 Å². The van der Waals surface area contributed by atoms with Crippen molar-refractivity contribution in [1.82, 2.24) is 19.9 Å². The van der Waals surface area contributed by atoms with Gasteiger partial charge in [0, 0.05) is 36.8 Å². The van der Waals surface area contributed by atoms with E-state index < -0.39 is 0 Å². The van der Waals surface area contributed by atoms with Gasteiger partial charge in [-0.3, -0.25) is 14.7 Å². The predicted octanol–water partition coefficient (Wildman–Crippen LogP) is 3.32. The summed E-state index contributed by atoms with van der Waals surface area (Å²) in [5, 5.41) is 10.5. The Morgan fingerprint density at radius 3 is 2.97 bits per heavy atom. The summed E-state index contributed by atoms with van der Waals surface area (Å²) in [4.78, 5) is 26.4. The Bertz CT molecular complexity index is 1050. The smallest absolute Gasteiger partial charge is 0.251 e. The molecule has 2 aromatic heterocycles. The van der Waals surface area contributed by atoms with Crippen molar-refractivity contribution in [3.8, 4) is 23.0 Å². The van der Waals surface area contributed by atoms with E-state index in [-0.39, 0.29) is 17.2 Å². The second kappa shape index (κ2) is 9.09. The molecule has 30 heavy (non-hydrogen) atoms. The number of pyridine rings is 1. The lowest BCUT2D eigenvalue weighted by Gasteiger charge is -2.32. The largest absolute Gasteiger partial charge is 0.504 e. The first-order valence-corrected chi connectivity index (χ1v) is 10.3. The number of aromatic hydroxyl groups is 1. The standard InChI is InChI=1S/C23H26N4O3/c1-2-30-20-10-5-7-17(22(20)29)15-27-12-6-8-16(14-27)19-13-21(28)26-23(25-19)18-9-3-4-11-24-18/h3-5,7,9-11,13,16,29H,2,6,8,12,14-15H2,1H3,(H,25,26,28). The van der Waals surface area contributed by atoms with Gasteiger partial charge < -0.3 is 14.8 Å². The normalized spacial score (nSPS) is 17.0. The molecule has 0 saturated carbocycles. The number of phenols is 1. The molecule has 0 aliphatic carbocycles. The molecule has 1 fully saturated rings. The number of benzene rings is 1. The lowest BCUT2D eigenvalue weighted by atomic mass is 9.94. The van der Waals surface area contributed by atoms with Crippen LogP contribution < -0.4 is 10.3 Å². The number of likely N-dealkylation sites (tertiary alicyclic amines) is 1. The summed E-state index contributed by atoms with van der Waals surface area (Å²) in [6, 6.07) is 12.7. The summed E-state index contributed by atoms with van der Waals surface area (Å²) in [5.41, 5.74) is 2.12. The van der Waals surface area contributed by atoms with E-state index in [1.54, 1.807) is 18.3 Å². The number of hydrogen-bond acceptors (Lipinski definition) is 6. The van der Waals surface area contributed by atoms with Crippen LogP contribution in [-0.2, 0) is 6.54 Å². The highest BCUT2D eigenvalue weighted by Crippen LogP contribution is 2.33. The summed E-state index contributed by atoms with van der Waals surface area (Å²) in [6.45, 7) is 4.74. The molecular weight excluding hydrogens is 380 g/mol. The first-order valence-electron chi connectivity index (χ1n) is 10.3. The van der Waals surface area contributed by atoms with E-state index in [2.05, 4.69) is 14.9 Å². The number of rotatable bonds is 6. The Balaban J connectivity index is 1.53. The molecule has 1 aromatic carbocycles. The van der Waals surface area contributed by atoms with E-state index in [1.807, 2.05) is 37.3 Å². The first-order chi connectivity index (χ1) is 14.6. The van der Waals surface area contributed by atoms with E-state index in [0.29, 0.717) is 30.4 Å². The second-order valence-corrected chi connectivity index (χ2v) is 7.51. The van der Waals surface area contributed by atoms with Gasteiger partial charge in [-0.05, 0) is 44.5 Å². The van der Waals surface area contributed by atoms with Crippen molar-refractivity contribution in [2.75, 3.05) is 19.7 Å². The molecule has 0 bridgehead atoms. The van der Waals surface area contributed by atoms with Crippen LogP contribution in [0.3, 0.4) is 0 Å². The minimum absolute atomic E-state index is 0.153. The quantitative estimate of drug-likeness (QED) is 0.653. The van der Waals surface area contributed by atoms with Gasteiger partial charge in [-0.2, -0.15) is 0 Å². The van der Waals surface area contributed by atoms with Gasteiger partial charge in [0.1, 0.15) is 5.69 Å². The molecule has 156 valence electrons. The zero-order valence-electron chi connectivity index (χ0n) is 17.0. The monoisotopic (exact) mass is 406 g/mol. The van der Waals surface area contributed by atoms with Gasteiger partial charge in [-0.1, -0.05) is 18.2 Å². The lowest BCUT2D eigenvalue weighted by Crippen LogP contribution is -2.34. The lowest BCUT2D eigenvalue weighted by molar-refractivity contribution is 0.196. The number of piperidine rings is 1. The van der Waals surface area contributed by atoms with Gasteiger partial charge in [0.15, 0.2) is 17.3 Å². The highest BCUT2D eigenvalue weighted by Gasteiger charge is 2.24. The zero-order valence-corrected chi connectivity index (χ0v) is 17.0. The zero-order chi connectivity index (χ0) is 20.9. The maximum Gasteiger partial charge on any atom is 0.251 e. The molecule has 1 aliphatic rings. The fourth-order valence-corrected chi connectivity index (χ4v) is 3.96. The van der Waals surface area contributed by atoms with Crippen LogP contribution >= 0.6 is 0 Å². The van der Waals surface area contributed by atoms with Crippen LogP contribution in [-0.4, -0.2) is 44.7 Å². The molecule has 1 saturated heterocycles. The molecule has 1 atom stereocenters. The molecule has 4 rings (SSSR count). The molecule has 0 spiro atoms. The van der Waals surface area contributed by atoms with Gasteiger partial charge in [-0.15, -0.1) is 0 Å². The number of aromatic nitrogens is 3. The Morgan fingerprint density at radius 1 is 1.27 bits per heavy atom. The van der Waals surface area contributed by atoms with Crippen LogP contribution in [0.15, 0.2) is 53.5 Å². The van der Waals surface area contributed by atoms with Gasteiger partial charge >= 0.3 is 0 Å². The maximum atomic E-state index is 12.3.